The number of hydrogen-bond donors (Lipinski definition) is 1. The fraction of sp³-hybridized carbons (Fsp3) is 0.267. The monoisotopic (exact) mass is 487 g/mol. The molecule has 1 aliphatic rings. The SMILES string of the molecule is Cc1c(Cl)cccc1N1C(=O)C(O)=C(C(=O)CCc2ccccc2)C1c1ccc(C(C)(C)C)cc1. The van der Waals surface area contributed by atoms with E-state index in [9.17, 15) is 14.7 Å². The fourth-order valence-electron chi connectivity index (χ4n) is 4.51. The number of aliphatic hydroxyl groups excluding tert-OH is 1. The molecule has 4 rings (SSSR count). The summed E-state index contributed by atoms with van der Waals surface area (Å²) in [7, 11) is 0. The van der Waals surface area contributed by atoms with E-state index >= 15 is 0 Å². The third-order valence-corrected chi connectivity index (χ3v) is 6.99. The summed E-state index contributed by atoms with van der Waals surface area (Å²) >= 11 is 6.38. The smallest absolute Gasteiger partial charge is 0.294 e. The molecule has 4 nitrogen and oxygen atoms in total. The standard InChI is InChI=1S/C30H30ClNO3/c1-19-23(31)11-8-12-24(19)32-27(21-14-16-22(17-15-21)30(2,3)4)26(28(34)29(32)35)25(33)18-13-20-9-6-5-7-10-20/h5-12,14-17,27,34H,13,18H2,1-4H3. The molecule has 3 aromatic carbocycles. The second-order valence-electron chi connectivity index (χ2n) is 10.0. The number of anilines is 1. The predicted octanol–water partition coefficient (Wildman–Crippen LogP) is 7.05. The van der Waals surface area contributed by atoms with Crippen LogP contribution in [0.15, 0.2) is 84.1 Å². The Morgan fingerprint density at radius 2 is 1.63 bits per heavy atom. The molecule has 1 heterocycles. The van der Waals surface area contributed by atoms with E-state index in [4.69, 9.17) is 11.6 Å². The van der Waals surface area contributed by atoms with Gasteiger partial charge in [-0.1, -0.05) is 93.0 Å². The van der Waals surface area contributed by atoms with E-state index in [1.807, 2.05) is 61.5 Å². The normalized spacial score (nSPS) is 16.2. The van der Waals surface area contributed by atoms with Crippen LogP contribution in [0.4, 0.5) is 5.69 Å². The van der Waals surface area contributed by atoms with E-state index in [-0.39, 0.29) is 23.2 Å². The van der Waals surface area contributed by atoms with Gasteiger partial charge in [0.1, 0.15) is 0 Å². The van der Waals surface area contributed by atoms with Crippen molar-refractivity contribution in [1.82, 2.24) is 0 Å². The van der Waals surface area contributed by atoms with Crippen LogP contribution in [0.25, 0.3) is 0 Å². The van der Waals surface area contributed by atoms with Gasteiger partial charge in [-0.2, -0.15) is 0 Å². The van der Waals surface area contributed by atoms with Gasteiger partial charge in [-0.15, -0.1) is 0 Å². The highest BCUT2D eigenvalue weighted by atomic mass is 35.5. The number of carbonyl (C=O) groups excluding carboxylic acids is 2. The molecule has 0 fully saturated rings. The molecule has 3 aromatic rings. The Morgan fingerprint density at radius 3 is 2.26 bits per heavy atom. The molecule has 1 amide bonds. The fourth-order valence-corrected chi connectivity index (χ4v) is 4.68. The first kappa shape index (κ1) is 24.7. The Labute approximate surface area is 211 Å². The summed E-state index contributed by atoms with van der Waals surface area (Å²) in [6, 6.07) is 22.2. The van der Waals surface area contributed by atoms with E-state index in [1.165, 1.54) is 4.90 Å². The summed E-state index contributed by atoms with van der Waals surface area (Å²) in [5.74, 6) is -1.33. The van der Waals surface area contributed by atoms with Gasteiger partial charge in [0, 0.05) is 17.1 Å². The van der Waals surface area contributed by atoms with Crippen LogP contribution in [-0.4, -0.2) is 16.8 Å². The second-order valence-corrected chi connectivity index (χ2v) is 10.4. The molecule has 35 heavy (non-hydrogen) atoms. The number of hydrogen-bond acceptors (Lipinski definition) is 3. The van der Waals surface area contributed by atoms with Crippen LogP contribution in [0.2, 0.25) is 5.02 Å². The van der Waals surface area contributed by atoms with Gasteiger partial charge in [0.05, 0.1) is 11.6 Å². The minimum Gasteiger partial charge on any atom is -0.503 e. The van der Waals surface area contributed by atoms with Gasteiger partial charge in [0.25, 0.3) is 5.91 Å². The lowest BCUT2D eigenvalue weighted by molar-refractivity contribution is -0.118. The zero-order valence-electron chi connectivity index (χ0n) is 20.5. The summed E-state index contributed by atoms with van der Waals surface area (Å²) < 4.78 is 0. The van der Waals surface area contributed by atoms with Crippen LogP contribution in [0.1, 0.15) is 55.5 Å². The van der Waals surface area contributed by atoms with Crippen molar-refractivity contribution in [3.8, 4) is 0 Å². The van der Waals surface area contributed by atoms with Crippen LogP contribution < -0.4 is 4.90 Å². The molecule has 0 saturated heterocycles. The van der Waals surface area contributed by atoms with E-state index in [1.54, 1.807) is 18.2 Å². The lowest BCUT2D eigenvalue weighted by atomic mass is 9.85. The first-order valence-corrected chi connectivity index (χ1v) is 12.2. The molecule has 1 aliphatic heterocycles. The number of amides is 1. The van der Waals surface area contributed by atoms with Gasteiger partial charge >= 0.3 is 0 Å². The van der Waals surface area contributed by atoms with Crippen molar-refractivity contribution < 1.29 is 14.7 Å². The summed E-state index contributed by atoms with van der Waals surface area (Å²) in [6.45, 7) is 8.23. The summed E-state index contributed by atoms with van der Waals surface area (Å²) in [6.07, 6.45) is 0.714. The molecule has 1 unspecified atom stereocenters. The van der Waals surface area contributed by atoms with Gasteiger partial charge in [-0.25, -0.2) is 0 Å². The molecule has 0 aromatic heterocycles. The highest BCUT2D eigenvalue weighted by Crippen LogP contribution is 2.43. The van der Waals surface area contributed by atoms with Gasteiger partial charge < -0.3 is 5.11 Å². The molecule has 5 heteroatoms. The van der Waals surface area contributed by atoms with Crippen LogP contribution >= 0.6 is 11.6 Å². The van der Waals surface area contributed by atoms with Gasteiger partial charge in [-0.3, -0.25) is 14.5 Å². The zero-order chi connectivity index (χ0) is 25.3. The van der Waals surface area contributed by atoms with E-state index in [0.717, 1.165) is 16.7 Å². The minimum absolute atomic E-state index is 0.0421. The molecular weight excluding hydrogens is 458 g/mol. The zero-order valence-corrected chi connectivity index (χ0v) is 21.3. The van der Waals surface area contributed by atoms with E-state index in [2.05, 4.69) is 20.8 Å². The average Bonchev–Trinajstić information content (AvgIpc) is 3.10. The molecule has 1 atom stereocenters. The van der Waals surface area contributed by atoms with E-state index < -0.39 is 17.7 Å². The number of ketones is 1. The van der Waals surface area contributed by atoms with Gasteiger partial charge in [0.2, 0.25) is 0 Å². The van der Waals surface area contributed by atoms with Gasteiger partial charge in [0.15, 0.2) is 11.5 Å². The molecule has 1 N–H and O–H groups in total. The van der Waals surface area contributed by atoms with Crippen molar-refractivity contribution in [2.24, 2.45) is 0 Å². The summed E-state index contributed by atoms with van der Waals surface area (Å²) in [5.41, 5.74) is 4.31. The lowest BCUT2D eigenvalue weighted by Gasteiger charge is -2.29. The van der Waals surface area contributed by atoms with Crippen molar-refractivity contribution in [2.75, 3.05) is 4.90 Å². The number of aryl methyl sites for hydroxylation is 1. The van der Waals surface area contributed by atoms with Crippen molar-refractivity contribution in [3.63, 3.8) is 0 Å². The number of nitrogens with zero attached hydrogens (tertiary/aromatic N) is 1. The maximum absolute atomic E-state index is 13.5. The number of carbonyl (C=O) groups is 2. The number of Topliss-reactive ketones (excluding diaryl/α,β-unsaturated/α-hetero) is 1. The highest BCUT2D eigenvalue weighted by molar-refractivity contribution is 6.32. The maximum Gasteiger partial charge on any atom is 0.294 e. The Bertz CT molecular complexity index is 1290. The Morgan fingerprint density at radius 1 is 0.971 bits per heavy atom. The predicted molar refractivity (Wildman–Crippen MR) is 141 cm³/mol. The third kappa shape index (κ3) is 4.89. The molecule has 180 valence electrons. The molecule has 0 radical (unpaired) electrons. The molecule has 0 spiro atoms. The molecule has 0 aliphatic carbocycles. The molecule has 0 bridgehead atoms. The lowest BCUT2D eigenvalue weighted by Crippen LogP contribution is -2.31. The first-order valence-electron chi connectivity index (χ1n) is 11.8. The van der Waals surface area contributed by atoms with Crippen molar-refractivity contribution in [1.29, 1.82) is 0 Å². The Hall–Kier alpha value is -3.37. The van der Waals surface area contributed by atoms with Crippen molar-refractivity contribution >= 4 is 29.0 Å². The average molecular weight is 488 g/mol. The first-order chi connectivity index (χ1) is 16.6. The Balaban J connectivity index is 1.78. The topological polar surface area (TPSA) is 57.6 Å². The number of aliphatic hydroxyl groups is 1. The number of benzene rings is 3. The maximum atomic E-state index is 13.5. The quantitative estimate of drug-likeness (QED) is 0.405. The molecular formula is C30H30ClNO3. The third-order valence-electron chi connectivity index (χ3n) is 6.58. The van der Waals surface area contributed by atoms with Crippen LogP contribution in [0.3, 0.4) is 0 Å². The van der Waals surface area contributed by atoms with E-state index in [0.29, 0.717) is 22.7 Å². The van der Waals surface area contributed by atoms with Crippen LogP contribution in [0.5, 0.6) is 0 Å². The van der Waals surface area contributed by atoms with Crippen LogP contribution in [-0.2, 0) is 21.4 Å². The number of halogens is 1. The minimum atomic E-state index is -0.739. The van der Waals surface area contributed by atoms with Crippen molar-refractivity contribution in [2.45, 2.75) is 52.0 Å². The summed E-state index contributed by atoms with van der Waals surface area (Å²) in [4.78, 5) is 28.4. The van der Waals surface area contributed by atoms with Gasteiger partial charge in [-0.05, 0) is 53.1 Å². The highest BCUT2D eigenvalue weighted by Gasteiger charge is 2.44. The second kappa shape index (κ2) is 9.71. The Kier molecular flexibility index (Phi) is 6.86. The number of rotatable bonds is 6. The van der Waals surface area contributed by atoms with Crippen molar-refractivity contribution in [3.05, 3.63) is 111 Å². The molecule has 0 saturated carbocycles. The van der Waals surface area contributed by atoms with Crippen LogP contribution in [0, 0.1) is 6.92 Å². The summed E-state index contributed by atoms with van der Waals surface area (Å²) in [5, 5.41) is 11.5. The largest absolute Gasteiger partial charge is 0.503 e.